The van der Waals surface area contributed by atoms with Crippen LogP contribution < -0.4 is 0 Å². The summed E-state index contributed by atoms with van der Waals surface area (Å²) >= 11 is 0. The molecule has 0 aromatic rings. The Morgan fingerprint density at radius 3 is 2.19 bits per heavy atom. The van der Waals surface area contributed by atoms with Crippen LogP contribution in [0.25, 0.3) is 0 Å². The van der Waals surface area contributed by atoms with E-state index in [9.17, 15) is 10.2 Å². The molecule has 0 aromatic heterocycles. The SMILES string of the molecule is CC1(C)CC[C@]2(O)CC[C@]3(C)C(=CC[C@@H]4[C@@]5(C)CC[C@H](O)C(C)(C)[C@@H]5CC[C@]43C)[C@@H]2C1. The molecule has 5 aliphatic carbocycles. The molecule has 4 fully saturated rings. The standard InChI is InChI=1S/C29H48O2/c1-24(2)14-16-29(31)17-15-27(6)19(20(29)18-24)8-9-22-26(5)12-11-23(30)25(3,4)21(26)10-13-28(22,27)7/h8,20-23,30-31H,9-18H2,1-7H3/t20-,21-,22+,23-,26-,27+,28+,29-/m0/s1. The molecular weight excluding hydrogens is 380 g/mol. The highest BCUT2D eigenvalue weighted by molar-refractivity contribution is 5.34. The minimum absolute atomic E-state index is 0.0133. The first-order valence-corrected chi connectivity index (χ1v) is 13.3. The molecule has 0 amide bonds. The third-order valence-electron chi connectivity index (χ3n) is 12.6. The van der Waals surface area contributed by atoms with Gasteiger partial charge >= 0.3 is 0 Å². The molecule has 0 aliphatic heterocycles. The molecule has 5 rings (SSSR count). The van der Waals surface area contributed by atoms with Gasteiger partial charge in [-0.3, -0.25) is 0 Å². The maximum absolute atomic E-state index is 11.7. The number of hydrogen-bond acceptors (Lipinski definition) is 2. The largest absolute Gasteiger partial charge is 0.393 e. The van der Waals surface area contributed by atoms with Gasteiger partial charge in [0.15, 0.2) is 0 Å². The van der Waals surface area contributed by atoms with E-state index in [2.05, 4.69) is 54.5 Å². The van der Waals surface area contributed by atoms with E-state index >= 15 is 0 Å². The van der Waals surface area contributed by atoms with Crippen LogP contribution in [0.15, 0.2) is 11.6 Å². The number of rotatable bonds is 0. The molecule has 2 heteroatoms. The van der Waals surface area contributed by atoms with Crippen molar-refractivity contribution in [3.05, 3.63) is 11.6 Å². The Morgan fingerprint density at radius 1 is 0.806 bits per heavy atom. The summed E-state index contributed by atoms with van der Waals surface area (Å²) in [6, 6.07) is 0. The second kappa shape index (κ2) is 6.41. The number of aliphatic hydroxyl groups is 2. The predicted octanol–water partition coefficient (Wildman–Crippen LogP) is 6.89. The third kappa shape index (κ3) is 2.76. The fourth-order valence-corrected chi connectivity index (χ4v) is 10.2. The molecule has 0 spiro atoms. The summed E-state index contributed by atoms with van der Waals surface area (Å²) in [5.41, 5.74) is 2.31. The zero-order valence-corrected chi connectivity index (χ0v) is 21.4. The average molecular weight is 429 g/mol. The second-order valence-corrected chi connectivity index (χ2v) is 14.7. The fourth-order valence-electron chi connectivity index (χ4n) is 10.2. The zero-order valence-electron chi connectivity index (χ0n) is 21.4. The van der Waals surface area contributed by atoms with Gasteiger partial charge < -0.3 is 10.2 Å². The van der Waals surface area contributed by atoms with Crippen molar-refractivity contribution in [1.82, 2.24) is 0 Å². The van der Waals surface area contributed by atoms with Crippen LogP contribution in [0.2, 0.25) is 0 Å². The van der Waals surface area contributed by atoms with Gasteiger partial charge in [0.1, 0.15) is 0 Å². The number of allylic oxidation sites excluding steroid dienone is 1. The Hall–Kier alpha value is -0.340. The summed E-state index contributed by atoms with van der Waals surface area (Å²) in [7, 11) is 0. The highest BCUT2D eigenvalue weighted by Gasteiger charge is 2.68. The van der Waals surface area contributed by atoms with Crippen LogP contribution in [-0.2, 0) is 0 Å². The van der Waals surface area contributed by atoms with Gasteiger partial charge in [0, 0.05) is 5.92 Å². The van der Waals surface area contributed by atoms with Gasteiger partial charge in [0.2, 0.25) is 0 Å². The van der Waals surface area contributed by atoms with Crippen LogP contribution in [0.3, 0.4) is 0 Å². The molecule has 176 valence electrons. The molecular formula is C29H48O2. The first kappa shape index (κ1) is 22.5. The van der Waals surface area contributed by atoms with Gasteiger partial charge in [0.05, 0.1) is 11.7 Å². The van der Waals surface area contributed by atoms with E-state index in [-0.39, 0.29) is 16.9 Å². The lowest BCUT2D eigenvalue weighted by atomic mass is 9.34. The van der Waals surface area contributed by atoms with Crippen molar-refractivity contribution in [1.29, 1.82) is 0 Å². The molecule has 0 saturated heterocycles. The van der Waals surface area contributed by atoms with Crippen LogP contribution in [-0.4, -0.2) is 21.9 Å². The maximum atomic E-state index is 11.7. The van der Waals surface area contributed by atoms with Gasteiger partial charge in [0.25, 0.3) is 0 Å². The molecule has 8 atom stereocenters. The Morgan fingerprint density at radius 2 is 1.48 bits per heavy atom. The lowest BCUT2D eigenvalue weighted by Crippen LogP contribution is -2.65. The number of aliphatic hydroxyl groups excluding tert-OH is 1. The molecule has 2 N–H and O–H groups in total. The fraction of sp³-hybridized carbons (Fsp3) is 0.931. The van der Waals surface area contributed by atoms with Crippen molar-refractivity contribution in [2.75, 3.05) is 0 Å². The highest BCUT2D eigenvalue weighted by Crippen LogP contribution is 2.74. The van der Waals surface area contributed by atoms with Gasteiger partial charge in [-0.1, -0.05) is 60.1 Å². The number of fused-ring (bicyclic) bond motifs is 7. The quantitative estimate of drug-likeness (QED) is 0.412. The van der Waals surface area contributed by atoms with Gasteiger partial charge in [-0.15, -0.1) is 0 Å². The van der Waals surface area contributed by atoms with E-state index < -0.39 is 5.60 Å². The Balaban J connectivity index is 1.57. The summed E-state index contributed by atoms with van der Waals surface area (Å²) < 4.78 is 0. The summed E-state index contributed by atoms with van der Waals surface area (Å²) in [6.07, 6.45) is 13.7. The van der Waals surface area contributed by atoms with Crippen molar-refractivity contribution in [2.24, 2.45) is 44.8 Å². The normalized spacial score (nSPS) is 55.2. The molecule has 2 nitrogen and oxygen atoms in total. The minimum atomic E-state index is -0.470. The summed E-state index contributed by atoms with van der Waals surface area (Å²) in [6.45, 7) is 17.3. The summed E-state index contributed by atoms with van der Waals surface area (Å²) in [5, 5.41) is 22.6. The lowest BCUT2D eigenvalue weighted by molar-refractivity contribution is -0.208. The van der Waals surface area contributed by atoms with Crippen LogP contribution in [0.5, 0.6) is 0 Å². The molecule has 31 heavy (non-hydrogen) atoms. The first-order chi connectivity index (χ1) is 14.2. The Labute approximate surface area is 191 Å². The van der Waals surface area contributed by atoms with Crippen molar-refractivity contribution < 1.29 is 10.2 Å². The van der Waals surface area contributed by atoms with E-state index in [1.54, 1.807) is 5.57 Å². The monoisotopic (exact) mass is 428 g/mol. The molecule has 0 bridgehead atoms. The van der Waals surface area contributed by atoms with E-state index in [0.717, 1.165) is 38.5 Å². The second-order valence-electron chi connectivity index (χ2n) is 14.7. The summed E-state index contributed by atoms with van der Waals surface area (Å²) in [4.78, 5) is 0. The van der Waals surface area contributed by atoms with Gasteiger partial charge in [-0.05, 0) is 103 Å². The van der Waals surface area contributed by atoms with Gasteiger partial charge in [-0.2, -0.15) is 0 Å². The van der Waals surface area contributed by atoms with Crippen molar-refractivity contribution in [2.45, 2.75) is 124 Å². The number of hydrogen-bond donors (Lipinski definition) is 2. The van der Waals surface area contributed by atoms with Gasteiger partial charge in [-0.25, -0.2) is 0 Å². The zero-order chi connectivity index (χ0) is 22.7. The summed E-state index contributed by atoms with van der Waals surface area (Å²) in [5.74, 6) is 1.64. The van der Waals surface area contributed by atoms with Crippen LogP contribution in [0, 0.1) is 44.8 Å². The molecule has 4 saturated carbocycles. The van der Waals surface area contributed by atoms with Crippen molar-refractivity contribution in [3.63, 3.8) is 0 Å². The van der Waals surface area contributed by atoms with E-state index in [0.29, 0.717) is 34.0 Å². The van der Waals surface area contributed by atoms with Crippen LogP contribution in [0.1, 0.15) is 113 Å². The maximum Gasteiger partial charge on any atom is 0.0713 e. The third-order valence-corrected chi connectivity index (χ3v) is 12.6. The highest BCUT2D eigenvalue weighted by atomic mass is 16.3. The molecule has 5 aliphatic rings. The van der Waals surface area contributed by atoms with Crippen LogP contribution in [0.4, 0.5) is 0 Å². The van der Waals surface area contributed by atoms with Crippen molar-refractivity contribution in [3.8, 4) is 0 Å². The molecule has 0 aromatic carbocycles. The van der Waals surface area contributed by atoms with Crippen LogP contribution >= 0.6 is 0 Å². The van der Waals surface area contributed by atoms with Crippen molar-refractivity contribution >= 4 is 0 Å². The topological polar surface area (TPSA) is 40.5 Å². The van der Waals surface area contributed by atoms with E-state index in [1.807, 2.05) is 0 Å². The molecule has 0 radical (unpaired) electrons. The van der Waals surface area contributed by atoms with E-state index in [1.165, 1.54) is 25.7 Å². The average Bonchev–Trinajstić information content (AvgIpc) is 2.67. The van der Waals surface area contributed by atoms with E-state index in [4.69, 9.17) is 0 Å². The minimum Gasteiger partial charge on any atom is -0.393 e. The molecule has 0 heterocycles. The predicted molar refractivity (Wildman–Crippen MR) is 128 cm³/mol. The lowest BCUT2D eigenvalue weighted by Gasteiger charge is -2.71. The molecule has 0 unspecified atom stereocenters. The first-order valence-electron chi connectivity index (χ1n) is 13.3. The smallest absolute Gasteiger partial charge is 0.0713 e. The Bertz CT molecular complexity index is 795. The Kier molecular flexibility index (Phi) is 4.64.